The number of hydrogen-bond acceptors (Lipinski definition) is 0. The Morgan fingerprint density at radius 3 is 0.930 bits per heavy atom. The van der Waals surface area contributed by atoms with E-state index in [2.05, 4.69) is 171 Å². The van der Waals surface area contributed by atoms with Crippen molar-refractivity contribution in [2.45, 2.75) is 203 Å². The molecule has 0 spiro atoms. The molecule has 2 aromatic rings. The molecule has 0 saturated carbocycles. The van der Waals surface area contributed by atoms with Crippen LogP contribution < -0.4 is 0 Å². The summed E-state index contributed by atoms with van der Waals surface area (Å²) >= 11 is 0. The zero-order valence-corrected chi connectivity index (χ0v) is 33.0. The zero-order chi connectivity index (χ0) is 34.1. The molecule has 2 aromatic carbocycles. The molecule has 0 heteroatoms. The van der Waals surface area contributed by atoms with Crippen LogP contribution in [0.5, 0.6) is 0 Å². The van der Waals surface area contributed by atoms with Crippen LogP contribution in [0.3, 0.4) is 0 Å². The van der Waals surface area contributed by atoms with Crippen molar-refractivity contribution in [3.05, 3.63) is 68.3 Å². The molecule has 1 atom stereocenters. The van der Waals surface area contributed by atoms with Gasteiger partial charge in [-0.2, -0.15) is 0 Å². The van der Waals surface area contributed by atoms with E-state index in [4.69, 9.17) is 0 Å². The molecule has 0 amide bonds. The summed E-state index contributed by atoms with van der Waals surface area (Å²) in [5.41, 5.74) is 14.2. The van der Waals surface area contributed by atoms with Crippen molar-refractivity contribution in [2.75, 3.05) is 0 Å². The molecule has 0 saturated heterocycles. The van der Waals surface area contributed by atoms with E-state index < -0.39 is 0 Å². The van der Waals surface area contributed by atoms with E-state index in [1.807, 2.05) is 0 Å². The third kappa shape index (κ3) is 8.38. The Kier molecular flexibility index (Phi) is 9.93. The summed E-state index contributed by atoms with van der Waals surface area (Å²) in [6.07, 6.45) is 1.05. The van der Waals surface area contributed by atoms with Crippen LogP contribution in [0.4, 0.5) is 0 Å². The maximum atomic E-state index is 2.61. The van der Waals surface area contributed by atoms with E-state index in [0.29, 0.717) is 5.92 Å². The van der Waals surface area contributed by atoms with Gasteiger partial charge in [0.2, 0.25) is 0 Å². The van der Waals surface area contributed by atoms with Gasteiger partial charge in [0, 0.05) is 0 Å². The average molecular weight is 589 g/mol. The fraction of sp³-hybridized carbons (Fsp3) is 0.721. The molecular formula is C43H72. The van der Waals surface area contributed by atoms with Crippen LogP contribution in [0.2, 0.25) is 0 Å². The van der Waals surface area contributed by atoms with Gasteiger partial charge in [-0.1, -0.05) is 171 Å². The fourth-order valence-electron chi connectivity index (χ4n) is 7.11. The van der Waals surface area contributed by atoms with E-state index in [-0.39, 0.29) is 37.9 Å². The SMILES string of the molecule is CC(Cc1c(C(C)(C)C)c(C(C)(C)C)cc(C(C)(C)C)c1C(C)(C)C)c1c(C(C)(C)C)cc(C(C)(C)C)cc1C(C)(C)C. The van der Waals surface area contributed by atoms with Crippen molar-refractivity contribution in [1.82, 2.24) is 0 Å². The summed E-state index contributed by atoms with van der Waals surface area (Å²) in [7, 11) is 0. The van der Waals surface area contributed by atoms with Crippen molar-refractivity contribution in [3.8, 4) is 0 Å². The lowest BCUT2D eigenvalue weighted by molar-refractivity contribution is 0.485. The molecule has 43 heavy (non-hydrogen) atoms. The fourth-order valence-corrected chi connectivity index (χ4v) is 7.11. The van der Waals surface area contributed by atoms with Crippen molar-refractivity contribution in [1.29, 1.82) is 0 Å². The van der Waals surface area contributed by atoms with Crippen LogP contribution in [-0.4, -0.2) is 0 Å². The third-order valence-corrected chi connectivity index (χ3v) is 9.21. The maximum Gasteiger partial charge on any atom is -0.0126 e. The monoisotopic (exact) mass is 589 g/mol. The number of benzene rings is 2. The molecule has 0 aromatic heterocycles. The molecule has 0 aliphatic rings. The van der Waals surface area contributed by atoms with Crippen LogP contribution >= 0.6 is 0 Å². The second kappa shape index (κ2) is 11.4. The second-order valence-corrected chi connectivity index (χ2v) is 21.0. The molecule has 0 N–H and O–H groups in total. The topological polar surface area (TPSA) is 0 Å². The third-order valence-electron chi connectivity index (χ3n) is 9.21. The quantitative estimate of drug-likeness (QED) is 0.334. The van der Waals surface area contributed by atoms with Gasteiger partial charge in [0.1, 0.15) is 0 Å². The normalized spacial score (nSPS) is 15.2. The van der Waals surface area contributed by atoms with E-state index in [9.17, 15) is 0 Å². The standard InChI is InChI=1S/C43H72/c1-27(34-30(38(5,6)7)24-28(37(2,3)4)25-31(34)39(8,9)10)23-29-35(42(17,18)19)32(40(11,12)13)26-33(41(14,15)16)36(29)43(20,21)22/h24-27H,23H2,1-22H3. The molecule has 0 fully saturated rings. The second-order valence-electron chi connectivity index (χ2n) is 21.0. The van der Waals surface area contributed by atoms with E-state index in [0.717, 1.165) is 6.42 Å². The largest absolute Gasteiger partial charge is 0.0581 e. The summed E-state index contributed by atoms with van der Waals surface area (Å²) in [6.45, 7) is 53.2. The molecular weight excluding hydrogens is 516 g/mol. The first-order chi connectivity index (χ1) is 18.7. The van der Waals surface area contributed by atoms with E-state index >= 15 is 0 Å². The van der Waals surface area contributed by atoms with E-state index in [1.54, 1.807) is 22.3 Å². The van der Waals surface area contributed by atoms with Crippen molar-refractivity contribution in [3.63, 3.8) is 0 Å². The Labute approximate surface area is 270 Å². The highest BCUT2D eigenvalue weighted by molar-refractivity contribution is 5.57. The predicted molar refractivity (Wildman–Crippen MR) is 196 cm³/mol. The first kappa shape index (κ1) is 37.6. The smallest absolute Gasteiger partial charge is 0.0126 e. The van der Waals surface area contributed by atoms with Gasteiger partial charge in [-0.05, 0) is 100 Å². The Balaban J connectivity index is 3.23. The number of hydrogen-bond donors (Lipinski definition) is 0. The molecule has 0 nitrogen and oxygen atoms in total. The molecule has 0 heterocycles. The highest BCUT2D eigenvalue weighted by atomic mass is 14.4. The minimum Gasteiger partial charge on any atom is -0.0581 e. The lowest BCUT2D eigenvalue weighted by Crippen LogP contribution is -2.32. The summed E-state index contributed by atoms with van der Waals surface area (Å²) in [5.74, 6) is 0.378. The minimum absolute atomic E-state index is 0.0316. The Morgan fingerprint density at radius 1 is 0.395 bits per heavy atom. The van der Waals surface area contributed by atoms with Crippen molar-refractivity contribution >= 4 is 0 Å². The summed E-state index contributed by atoms with van der Waals surface area (Å²) in [4.78, 5) is 0. The van der Waals surface area contributed by atoms with Gasteiger partial charge < -0.3 is 0 Å². The van der Waals surface area contributed by atoms with Gasteiger partial charge in [0.25, 0.3) is 0 Å². The summed E-state index contributed by atoms with van der Waals surface area (Å²) in [5, 5.41) is 0. The van der Waals surface area contributed by atoms with Crippen LogP contribution in [0.25, 0.3) is 0 Å². The van der Waals surface area contributed by atoms with Crippen molar-refractivity contribution < 1.29 is 0 Å². The zero-order valence-electron chi connectivity index (χ0n) is 33.0. The molecule has 0 aliphatic carbocycles. The van der Waals surface area contributed by atoms with Gasteiger partial charge in [0.05, 0.1) is 0 Å². The van der Waals surface area contributed by atoms with E-state index in [1.165, 1.54) is 27.8 Å². The van der Waals surface area contributed by atoms with Crippen LogP contribution in [0.15, 0.2) is 18.2 Å². The minimum atomic E-state index is 0.0316. The molecule has 0 bridgehead atoms. The van der Waals surface area contributed by atoms with Crippen LogP contribution in [0.1, 0.15) is 208 Å². The van der Waals surface area contributed by atoms with Crippen LogP contribution in [0, 0.1) is 0 Å². The Hall–Kier alpha value is -1.56. The first-order valence-corrected chi connectivity index (χ1v) is 17.1. The Bertz CT molecular complexity index is 1210. The van der Waals surface area contributed by atoms with Crippen molar-refractivity contribution in [2.24, 2.45) is 0 Å². The molecule has 1 unspecified atom stereocenters. The van der Waals surface area contributed by atoms with Gasteiger partial charge in [-0.3, -0.25) is 0 Å². The Morgan fingerprint density at radius 2 is 0.698 bits per heavy atom. The molecule has 0 aliphatic heterocycles. The summed E-state index contributed by atoms with van der Waals surface area (Å²) in [6, 6.07) is 7.72. The molecule has 244 valence electrons. The van der Waals surface area contributed by atoms with Gasteiger partial charge >= 0.3 is 0 Å². The summed E-state index contributed by atoms with van der Waals surface area (Å²) < 4.78 is 0. The van der Waals surface area contributed by atoms with Crippen LogP contribution in [-0.2, 0) is 44.3 Å². The first-order valence-electron chi connectivity index (χ1n) is 17.1. The van der Waals surface area contributed by atoms with Gasteiger partial charge in [-0.25, -0.2) is 0 Å². The predicted octanol–water partition coefficient (Wildman–Crippen LogP) is 13.1. The lowest BCUT2D eigenvalue weighted by atomic mass is 9.63. The van der Waals surface area contributed by atoms with Gasteiger partial charge in [0.15, 0.2) is 0 Å². The highest BCUT2D eigenvalue weighted by Gasteiger charge is 2.38. The number of rotatable bonds is 3. The highest BCUT2D eigenvalue weighted by Crippen LogP contribution is 2.49. The molecule has 0 radical (unpaired) electrons. The lowest BCUT2D eigenvalue weighted by Gasteiger charge is -2.42. The maximum absolute atomic E-state index is 2.61. The average Bonchev–Trinajstić information content (AvgIpc) is 2.72. The molecule has 2 rings (SSSR count). The van der Waals surface area contributed by atoms with Gasteiger partial charge in [-0.15, -0.1) is 0 Å².